The lowest BCUT2D eigenvalue weighted by Gasteiger charge is -2.11. The molecule has 0 aliphatic rings. The van der Waals surface area contributed by atoms with Crippen LogP contribution in [0.15, 0.2) is 66.0 Å². The second-order valence-electron chi connectivity index (χ2n) is 6.63. The van der Waals surface area contributed by atoms with Crippen molar-refractivity contribution in [2.75, 3.05) is 19.6 Å². The van der Waals surface area contributed by atoms with E-state index in [1.807, 2.05) is 30.6 Å². The maximum atomic E-state index is 5.83. The Kier molecular flexibility index (Phi) is 8.07. The van der Waals surface area contributed by atoms with Crippen LogP contribution in [0, 0.1) is 0 Å². The van der Waals surface area contributed by atoms with Crippen molar-refractivity contribution in [1.82, 2.24) is 25.2 Å². The molecular weight excluding hydrogens is 384 g/mol. The Labute approximate surface area is 177 Å². The van der Waals surface area contributed by atoms with E-state index >= 15 is 0 Å². The number of hydrogen-bond acceptors (Lipinski definition) is 3. The van der Waals surface area contributed by atoms with Gasteiger partial charge in [0, 0.05) is 51.2 Å². The van der Waals surface area contributed by atoms with Crippen molar-refractivity contribution < 1.29 is 0 Å². The van der Waals surface area contributed by atoms with Crippen LogP contribution in [0.2, 0.25) is 5.15 Å². The largest absolute Gasteiger partial charge is 0.357 e. The maximum absolute atomic E-state index is 5.83. The van der Waals surface area contributed by atoms with Gasteiger partial charge in [-0.3, -0.25) is 4.99 Å². The lowest BCUT2D eigenvalue weighted by molar-refractivity contribution is 0.712. The summed E-state index contributed by atoms with van der Waals surface area (Å²) >= 11 is 5.83. The third-order valence-electron chi connectivity index (χ3n) is 4.44. The lowest BCUT2D eigenvalue weighted by Crippen LogP contribution is -2.38. The molecule has 0 bridgehead atoms. The summed E-state index contributed by atoms with van der Waals surface area (Å²) in [6.45, 7) is 5.15. The number of benzene rings is 1. The zero-order valence-electron chi connectivity index (χ0n) is 16.7. The summed E-state index contributed by atoms with van der Waals surface area (Å²) < 4.78 is 2.18. The highest BCUT2D eigenvalue weighted by Gasteiger charge is 2.04. The molecule has 0 fully saturated rings. The predicted octanol–water partition coefficient (Wildman–Crippen LogP) is 3.32. The molecule has 0 saturated heterocycles. The van der Waals surface area contributed by atoms with Crippen LogP contribution in [-0.2, 0) is 19.4 Å². The molecule has 6 nitrogen and oxygen atoms in total. The predicted molar refractivity (Wildman–Crippen MR) is 118 cm³/mol. The molecule has 29 heavy (non-hydrogen) atoms. The van der Waals surface area contributed by atoms with Crippen molar-refractivity contribution in [2.24, 2.45) is 4.99 Å². The standard InChI is InChI=1S/C22H27ClN6/c1-2-24-22(26-12-10-18-8-9-20(23)28-16-18)27-13-11-21-25-14-15-29(21)17-19-6-4-3-5-7-19/h3-9,14-16H,2,10-13,17H2,1H3,(H2,24,26,27). The Balaban J connectivity index is 1.50. The second-order valence-corrected chi connectivity index (χ2v) is 7.02. The van der Waals surface area contributed by atoms with Crippen molar-refractivity contribution in [3.63, 3.8) is 0 Å². The highest BCUT2D eigenvalue weighted by Crippen LogP contribution is 2.07. The second kappa shape index (κ2) is 11.2. The zero-order valence-corrected chi connectivity index (χ0v) is 17.4. The molecule has 0 unspecified atom stereocenters. The molecular formula is C22H27ClN6. The van der Waals surface area contributed by atoms with E-state index < -0.39 is 0 Å². The van der Waals surface area contributed by atoms with Crippen molar-refractivity contribution in [1.29, 1.82) is 0 Å². The summed E-state index contributed by atoms with van der Waals surface area (Å²) in [5.74, 6) is 1.86. The van der Waals surface area contributed by atoms with Crippen LogP contribution in [0.5, 0.6) is 0 Å². The summed E-state index contributed by atoms with van der Waals surface area (Å²) in [6, 6.07) is 14.2. The van der Waals surface area contributed by atoms with Crippen molar-refractivity contribution in [3.8, 4) is 0 Å². The normalized spacial score (nSPS) is 11.4. The Bertz CT molecular complexity index is 889. The van der Waals surface area contributed by atoms with Crippen LogP contribution in [0.25, 0.3) is 0 Å². The SMILES string of the molecule is CCNC(=NCCc1nccn1Cc1ccccc1)NCCc1ccc(Cl)nc1. The number of pyridine rings is 1. The number of nitrogens with one attached hydrogen (secondary N) is 2. The van der Waals surface area contributed by atoms with Crippen molar-refractivity contribution >= 4 is 17.6 Å². The van der Waals surface area contributed by atoms with Gasteiger partial charge in [0.2, 0.25) is 0 Å². The Morgan fingerprint density at radius 2 is 1.90 bits per heavy atom. The van der Waals surface area contributed by atoms with Crippen LogP contribution in [-0.4, -0.2) is 40.1 Å². The molecule has 0 aliphatic heterocycles. The minimum absolute atomic E-state index is 0.516. The fourth-order valence-corrected chi connectivity index (χ4v) is 3.09. The summed E-state index contributed by atoms with van der Waals surface area (Å²) in [6.07, 6.45) is 7.33. The van der Waals surface area contributed by atoms with Gasteiger partial charge in [-0.1, -0.05) is 48.0 Å². The topological polar surface area (TPSA) is 67.1 Å². The van der Waals surface area contributed by atoms with Gasteiger partial charge in [-0.25, -0.2) is 9.97 Å². The van der Waals surface area contributed by atoms with Crippen molar-refractivity contribution in [3.05, 3.63) is 83.2 Å². The van der Waals surface area contributed by atoms with E-state index in [1.165, 1.54) is 5.56 Å². The third-order valence-corrected chi connectivity index (χ3v) is 4.67. The van der Waals surface area contributed by atoms with Gasteiger partial charge in [0.1, 0.15) is 11.0 Å². The van der Waals surface area contributed by atoms with Gasteiger partial charge in [0.15, 0.2) is 5.96 Å². The highest BCUT2D eigenvalue weighted by molar-refractivity contribution is 6.29. The smallest absolute Gasteiger partial charge is 0.191 e. The molecule has 0 radical (unpaired) electrons. The highest BCUT2D eigenvalue weighted by atomic mass is 35.5. The van der Waals surface area contributed by atoms with Gasteiger partial charge in [0.05, 0.1) is 0 Å². The van der Waals surface area contributed by atoms with E-state index in [2.05, 4.69) is 61.4 Å². The molecule has 152 valence electrons. The molecule has 3 aromatic rings. The van der Waals surface area contributed by atoms with Gasteiger partial charge >= 0.3 is 0 Å². The molecule has 0 atom stereocenters. The van der Waals surface area contributed by atoms with Crippen LogP contribution in [0.3, 0.4) is 0 Å². The molecule has 0 amide bonds. The van der Waals surface area contributed by atoms with Gasteiger partial charge < -0.3 is 15.2 Å². The number of nitrogens with zero attached hydrogens (tertiary/aromatic N) is 4. The Hall–Kier alpha value is -2.86. The van der Waals surface area contributed by atoms with E-state index in [-0.39, 0.29) is 0 Å². The fourth-order valence-electron chi connectivity index (χ4n) is 2.98. The number of hydrogen-bond donors (Lipinski definition) is 2. The molecule has 0 aliphatic carbocycles. The average Bonchev–Trinajstić information content (AvgIpc) is 3.17. The first kappa shape index (κ1) is 20.9. The minimum Gasteiger partial charge on any atom is -0.357 e. The maximum Gasteiger partial charge on any atom is 0.191 e. The molecule has 0 spiro atoms. The first-order valence-corrected chi connectivity index (χ1v) is 10.3. The molecule has 2 aromatic heterocycles. The monoisotopic (exact) mass is 410 g/mol. The van der Waals surface area contributed by atoms with E-state index in [0.717, 1.165) is 49.8 Å². The molecule has 7 heteroatoms. The summed E-state index contributed by atoms with van der Waals surface area (Å²) in [4.78, 5) is 13.3. The zero-order chi connectivity index (χ0) is 20.3. The van der Waals surface area contributed by atoms with Gasteiger partial charge in [-0.15, -0.1) is 0 Å². The fraction of sp³-hybridized carbons (Fsp3) is 0.318. The number of aliphatic imine (C=N–C) groups is 1. The minimum atomic E-state index is 0.516. The molecule has 2 heterocycles. The van der Waals surface area contributed by atoms with Gasteiger partial charge in [-0.2, -0.15) is 0 Å². The van der Waals surface area contributed by atoms with Crippen LogP contribution in [0.4, 0.5) is 0 Å². The van der Waals surface area contributed by atoms with E-state index in [0.29, 0.717) is 11.7 Å². The number of imidazole rings is 1. The van der Waals surface area contributed by atoms with E-state index in [1.54, 1.807) is 6.20 Å². The summed E-state index contributed by atoms with van der Waals surface area (Å²) in [5.41, 5.74) is 2.41. The quantitative estimate of drug-likeness (QED) is 0.322. The van der Waals surface area contributed by atoms with E-state index in [9.17, 15) is 0 Å². The molecule has 0 saturated carbocycles. The van der Waals surface area contributed by atoms with Gasteiger partial charge in [0.25, 0.3) is 0 Å². The van der Waals surface area contributed by atoms with Crippen LogP contribution in [0.1, 0.15) is 23.9 Å². The van der Waals surface area contributed by atoms with E-state index in [4.69, 9.17) is 11.6 Å². The summed E-state index contributed by atoms with van der Waals surface area (Å²) in [5, 5.41) is 7.17. The van der Waals surface area contributed by atoms with Gasteiger partial charge in [-0.05, 0) is 30.5 Å². The Morgan fingerprint density at radius 1 is 1.03 bits per heavy atom. The number of halogens is 1. The van der Waals surface area contributed by atoms with Crippen LogP contribution >= 0.6 is 11.6 Å². The average molecular weight is 411 g/mol. The first-order valence-electron chi connectivity index (χ1n) is 9.91. The Morgan fingerprint density at radius 3 is 2.66 bits per heavy atom. The van der Waals surface area contributed by atoms with Crippen molar-refractivity contribution in [2.45, 2.75) is 26.3 Å². The number of guanidine groups is 1. The third kappa shape index (κ3) is 6.91. The molecule has 2 N–H and O–H groups in total. The number of rotatable bonds is 9. The molecule has 3 rings (SSSR count). The molecule has 1 aromatic carbocycles. The number of aromatic nitrogens is 3. The summed E-state index contributed by atoms with van der Waals surface area (Å²) in [7, 11) is 0. The van der Waals surface area contributed by atoms with Crippen LogP contribution < -0.4 is 10.6 Å². The lowest BCUT2D eigenvalue weighted by atomic mass is 10.2. The first-order chi connectivity index (χ1) is 14.2.